The molecule has 0 atom stereocenters. The van der Waals surface area contributed by atoms with Crippen LogP contribution >= 0.6 is 35.6 Å². The Morgan fingerprint density at radius 3 is 2.65 bits per heavy atom. The summed E-state index contributed by atoms with van der Waals surface area (Å²) in [7, 11) is 2.05. The normalized spacial score (nSPS) is 25.6. The van der Waals surface area contributed by atoms with E-state index in [2.05, 4.69) is 22.0 Å². The van der Waals surface area contributed by atoms with Crippen LogP contribution in [-0.2, 0) is 0 Å². The zero-order valence-corrected chi connectivity index (χ0v) is 14.7. The van der Waals surface area contributed by atoms with Gasteiger partial charge in [0.25, 0.3) is 0 Å². The molecule has 20 heavy (non-hydrogen) atoms. The molecular formula is C15H21ClIN3. The lowest BCUT2D eigenvalue weighted by Crippen LogP contribution is -2.38. The van der Waals surface area contributed by atoms with Crippen LogP contribution in [0.1, 0.15) is 37.2 Å². The van der Waals surface area contributed by atoms with Crippen molar-refractivity contribution in [2.24, 2.45) is 10.7 Å². The molecule has 2 N–H and O–H groups in total. The minimum atomic E-state index is 0. The van der Waals surface area contributed by atoms with E-state index in [9.17, 15) is 0 Å². The van der Waals surface area contributed by atoms with Gasteiger partial charge >= 0.3 is 0 Å². The monoisotopic (exact) mass is 405 g/mol. The fourth-order valence-corrected chi connectivity index (χ4v) is 2.85. The highest BCUT2D eigenvalue weighted by Gasteiger charge is 2.32. The summed E-state index contributed by atoms with van der Waals surface area (Å²) in [5, 5.41) is 0.817. The molecule has 0 unspecified atom stereocenters. The highest BCUT2D eigenvalue weighted by molar-refractivity contribution is 14.0. The van der Waals surface area contributed by atoms with Gasteiger partial charge in [-0.25, -0.2) is 4.99 Å². The molecule has 0 aliphatic heterocycles. The van der Waals surface area contributed by atoms with Crippen LogP contribution in [-0.4, -0.2) is 30.0 Å². The fraction of sp³-hybridized carbons (Fsp3) is 0.533. The summed E-state index contributed by atoms with van der Waals surface area (Å²) in [6, 6.07) is 9.16. The Morgan fingerprint density at radius 1 is 1.35 bits per heavy atom. The molecule has 0 heterocycles. The van der Waals surface area contributed by atoms with Gasteiger partial charge in [-0.1, -0.05) is 23.7 Å². The van der Waals surface area contributed by atoms with Gasteiger partial charge < -0.3 is 10.6 Å². The number of hydrogen-bond acceptors (Lipinski definition) is 1. The molecular weight excluding hydrogens is 385 g/mol. The van der Waals surface area contributed by atoms with E-state index in [1.165, 1.54) is 18.4 Å². The lowest BCUT2D eigenvalue weighted by atomic mass is 9.76. The third-order valence-corrected chi connectivity index (χ3v) is 4.44. The molecule has 2 aliphatic carbocycles. The first-order chi connectivity index (χ1) is 9.13. The van der Waals surface area contributed by atoms with Crippen molar-refractivity contribution in [3.05, 3.63) is 34.9 Å². The topological polar surface area (TPSA) is 41.6 Å². The first kappa shape index (κ1) is 15.9. The van der Waals surface area contributed by atoms with E-state index in [1.54, 1.807) is 0 Å². The van der Waals surface area contributed by atoms with Crippen LogP contribution in [0.3, 0.4) is 0 Å². The molecule has 0 spiro atoms. The van der Waals surface area contributed by atoms with E-state index < -0.39 is 0 Å². The van der Waals surface area contributed by atoms with Crippen LogP contribution in [0.5, 0.6) is 0 Å². The zero-order valence-electron chi connectivity index (χ0n) is 11.6. The standard InChI is InChI=1S/C15H20ClN3.HI/c1-19(14-5-6-14)15(17)18-13-8-11(9-13)10-3-2-4-12(16)7-10;/h2-4,7,11,13-14H,5-6,8-9H2,1H3,(H2,17,18);1H. The molecule has 2 saturated carbocycles. The summed E-state index contributed by atoms with van der Waals surface area (Å²) in [5.74, 6) is 1.29. The quantitative estimate of drug-likeness (QED) is 0.474. The number of nitrogens with two attached hydrogens (primary N) is 1. The van der Waals surface area contributed by atoms with Crippen molar-refractivity contribution >= 4 is 41.5 Å². The molecule has 2 aliphatic rings. The number of guanidine groups is 1. The van der Waals surface area contributed by atoms with Gasteiger partial charge in [0, 0.05) is 18.1 Å². The number of rotatable bonds is 3. The molecule has 0 aromatic heterocycles. The van der Waals surface area contributed by atoms with Gasteiger partial charge in [0.2, 0.25) is 0 Å². The number of halogens is 2. The maximum absolute atomic E-state index is 6.03. The number of benzene rings is 1. The van der Waals surface area contributed by atoms with E-state index in [0.717, 1.165) is 17.9 Å². The summed E-state index contributed by atoms with van der Waals surface area (Å²) < 4.78 is 0. The molecule has 0 saturated heterocycles. The second-order valence-electron chi connectivity index (χ2n) is 5.71. The van der Waals surface area contributed by atoms with Gasteiger partial charge in [0.1, 0.15) is 0 Å². The summed E-state index contributed by atoms with van der Waals surface area (Å²) in [4.78, 5) is 6.75. The Kier molecular flexibility index (Phi) is 5.18. The molecule has 3 nitrogen and oxygen atoms in total. The predicted octanol–water partition coefficient (Wildman–Crippen LogP) is 3.61. The Bertz CT molecular complexity index is 496. The van der Waals surface area contributed by atoms with Crippen LogP contribution in [0.15, 0.2) is 29.3 Å². The minimum Gasteiger partial charge on any atom is -0.370 e. The van der Waals surface area contributed by atoms with Crippen molar-refractivity contribution in [2.45, 2.75) is 43.7 Å². The SMILES string of the molecule is CN(C(N)=NC1CC(c2cccc(Cl)c2)C1)C1CC1.I. The first-order valence-electron chi connectivity index (χ1n) is 6.95. The van der Waals surface area contributed by atoms with E-state index >= 15 is 0 Å². The molecule has 0 amide bonds. The molecule has 0 radical (unpaired) electrons. The van der Waals surface area contributed by atoms with Gasteiger partial charge in [-0.2, -0.15) is 0 Å². The van der Waals surface area contributed by atoms with Gasteiger partial charge in [0.05, 0.1) is 6.04 Å². The number of hydrogen-bond donors (Lipinski definition) is 1. The van der Waals surface area contributed by atoms with Gasteiger partial charge in [0.15, 0.2) is 5.96 Å². The molecule has 5 heteroatoms. The molecule has 1 aromatic carbocycles. The van der Waals surface area contributed by atoms with Gasteiger partial charge in [-0.3, -0.25) is 0 Å². The maximum Gasteiger partial charge on any atom is 0.191 e. The summed E-state index contributed by atoms with van der Waals surface area (Å²) in [6.07, 6.45) is 4.67. The average Bonchev–Trinajstić information content (AvgIpc) is 3.16. The second-order valence-corrected chi connectivity index (χ2v) is 6.14. The molecule has 0 bridgehead atoms. The van der Waals surface area contributed by atoms with Crippen molar-refractivity contribution in [2.75, 3.05) is 7.05 Å². The zero-order chi connectivity index (χ0) is 13.4. The summed E-state index contributed by atoms with van der Waals surface area (Å²) in [6.45, 7) is 0. The first-order valence-corrected chi connectivity index (χ1v) is 7.33. The summed E-state index contributed by atoms with van der Waals surface area (Å²) >= 11 is 6.02. The molecule has 1 aromatic rings. The van der Waals surface area contributed by atoms with Crippen LogP contribution in [0.2, 0.25) is 5.02 Å². The summed E-state index contributed by atoms with van der Waals surface area (Å²) in [5.41, 5.74) is 7.36. The van der Waals surface area contributed by atoms with E-state index in [4.69, 9.17) is 17.3 Å². The highest BCUT2D eigenvalue weighted by atomic mass is 127. The third kappa shape index (κ3) is 3.58. The smallest absolute Gasteiger partial charge is 0.191 e. The van der Waals surface area contributed by atoms with Crippen molar-refractivity contribution < 1.29 is 0 Å². The maximum atomic E-state index is 6.03. The van der Waals surface area contributed by atoms with Crippen LogP contribution in [0.4, 0.5) is 0 Å². The number of aliphatic imine (C=N–C) groups is 1. The largest absolute Gasteiger partial charge is 0.370 e. The molecule has 3 rings (SSSR count). The Balaban J connectivity index is 0.00000147. The lowest BCUT2D eigenvalue weighted by Gasteiger charge is -2.34. The van der Waals surface area contributed by atoms with Crippen molar-refractivity contribution in [1.29, 1.82) is 0 Å². The third-order valence-electron chi connectivity index (χ3n) is 4.20. The van der Waals surface area contributed by atoms with Crippen LogP contribution in [0, 0.1) is 0 Å². The van der Waals surface area contributed by atoms with E-state index in [1.807, 2.05) is 19.2 Å². The minimum absolute atomic E-state index is 0. The Labute approximate surface area is 142 Å². The second kappa shape index (κ2) is 6.52. The Hall–Kier alpha value is -0.490. The molecule has 2 fully saturated rings. The van der Waals surface area contributed by atoms with Crippen molar-refractivity contribution in [3.63, 3.8) is 0 Å². The van der Waals surface area contributed by atoms with Crippen LogP contribution in [0.25, 0.3) is 0 Å². The van der Waals surface area contributed by atoms with Crippen molar-refractivity contribution in [3.8, 4) is 0 Å². The van der Waals surface area contributed by atoms with E-state index in [0.29, 0.717) is 24.0 Å². The Morgan fingerprint density at radius 2 is 2.05 bits per heavy atom. The van der Waals surface area contributed by atoms with Gasteiger partial charge in [-0.05, 0) is 49.3 Å². The molecule has 110 valence electrons. The fourth-order valence-electron chi connectivity index (χ4n) is 2.65. The predicted molar refractivity (Wildman–Crippen MR) is 95.0 cm³/mol. The highest BCUT2D eigenvalue weighted by Crippen LogP contribution is 2.39. The lowest BCUT2D eigenvalue weighted by molar-refractivity contribution is 0.347. The van der Waals surface area contributed by atoms with E-state index in [-0.39, 0.29) is 24.0 Å². The average molecular weight is 406 g/mol. The number of nitrogens with zero attached hydrogens (tertiary/aromatic N) is 2. The van der Waals surface area contributed by atoms with Gasteiger partial charge in [-0.15, -0.1) is 24.0 Å². The van der Waals surface area contributed by atoms with Crippen molar-refractivity contribution in [1.82, 2.24) is 4.90 Å². The van der Waals surface area contributed by atoms with Crippen LogP contribution < -0.4 is 5.73 Å².